The number of nitrogens with one attached hydrogen (secondary N) is 6. The lowest BCUT2D eigenvalue weighted by atomic mass is 9.89. The van der Waals surface area contributed by atoms with E-state index in [0.717, 1.165) is 4.90 Å². The van der Waals surface area contributed by atoms with Crippen LogP contribution in [-0.4, -0.2) is 230 Å². The summed E-state index contributed by atoms with van der Waals surface area (Å²) in [5.74, 6) is -6.79. The van der Waals surface area contributed by atoms with Gasteiger partial charge in [0.15, 0.2) is 0 Å². The number of sulfonamides is 1. The molecule has 1 aromatic rings. The van der Waals surface area contributed by atoms with Gasteiger partial charge >= 0.3 is 6.03 Å². The van der Waals surface area contributed by atoms with E-state index in [1.54, 1.807) is 30.7 Å². The SMILES string of the molecule is CC[C@H](C)[C@@H]([C@@H](CC(=O)N1CCCC1[C@H](OC)[C@@H](C)C(=O)NS(=O)(=O)Cc1ccc(NC(=O)[C@H](CCCNC(N)=O)NC(=O)[C@@H](NC(=O)CCOCCOCCOCCN2C(=O)C=CC2=O)C(C)C)cc1)OC)N(C)C(=O)[C@@H](NC(=O)[C@H](C(C)C)N(C)C)C(C)C. The first-order valence-electron chi connectivity index (χ1n) is 31.3. The van der Waals surface area contributed by atoms with Crippen LogP contribution in [0.3, 0.4) is 0 Å². The topological polar surface area (TPSA) is 362 Å². The Bertz CT molecular complexity index is 2690. The molecule has 0 spiro atoms. The Morgan fingerprint density at radius 2 is 1.32 bits per heavy atom. The van der Waals surface area contributed by atoms with Crippen LogP contribution >= 0.6 is 0 Å². The molecule has 28 nitrogen and oxygen atoms in total. The fourth-order valence-electron chi connectivity index (χ4n) is 11.2. The molecule has 1 saturated heterocycles. The van der Waals surface area contributed by atoms with Crippen molar-refractivity contribution < 1.29 is 80.0 Å². The van der Waals surface area contributed by atoms with Crippen LogP contribution in [0.4, 0.5) is 10.5 Å². The highest BCUT2D eigenvalue weighted by Crippen LogP contribution is 2.30. The van der Waals surface area contributed by atoms with E-state index >= 15 is 0 Å². The maximum atomic E-state index is 14.4. The number of hydrogen-bond donors (Lipinski definition) is 7. The predicted octanol–water partition coefficient (Wildman–Crippen LogP) is 1.66. The number of likely N-dealkylation sites (tertiary alicyclic amines) is 1. The number of primary amides is 1. The molecule has 0 radical (unpaired) electrons. The van der Waals surface area contributed by atoms with Crippen LogP contribution in [0.2, 0.25) is 0 Å². The number of anilines is 1. The Morgan fingerprint density at radius 1 is 0.725 bits per heavy atom. The average Bonchev–Trinajstić information content (AvgIpc) is 3.83. The van der Waals surface area contributed by atoms with E-state index in [0.29, 0.717) is 25.8 Å². The van der Waals surface area contributed by atoms with Gasteiger partial charge in [-0.15, -0.1) is 0 Å². The summed E-state index contributed by atoms with van der Waals surface area (Å²) in [5.41, 5.74) is 5.72. The second kappa shape index (κ2) is 39.0. The van der Waals surface area contributed by atoms with Crippen molar-refractivity contribution in [1.29, 1.82) is 0 Å². The van der Waals surface area contributed by atoms with Crippen molar-refractivity contribution in [2.24, 2.45) is 35.3 Å². The number of methoxy groups -OCH3 is 2. The third-order valence-corrected chi connectivity index (χ3v) is 17.5. The van der Waals surface area contributed by atoms with Crippen LogP contribution < -0.4 is 37.0 Å². The van der Waals surface area contributed by atoms with Gasteiger partial charge in [0.2, 0.25) is 51.4 Å². The van der Waals surface area contributed by atoms with Gasteiger partial charge in [-0.2, -0.15) is 0 Å². The average molecular weight is 1310 g/mol. The van der Waals surface area contributed by atoms with Crippen LogP contribution in [0.25, 0.3) is 0 Å². The summed E-state index contributed by atoms with van der Waals surface area (Å²) in [7, 11) is 3.85. The second-order valence-corrected chi connectivity index (χ2v) is 26.1. The molecule has 1 unspecified atom stereocenters. The van der Waals surface area contributed by atoms with Crippen molar-refractivity contribution in [2.75, 3.05) is 100.0 Å². The maximum Gasteiger partial charge on any atom is 0.312 e. The third-order valence-electron chi connectivity index (χ3n) is 16.2. The lowest BCUT2D eigenvalue weighted by molar-refractivity contribution is -0.148. The maximum absolute atomic E-state index is 14.4. The van der Waals surface area contributed by atoms with E-state index in [9.17, 15) is 56.4 Å². The number of rotatable bonds is 42. The molecule has 8 N–H and O–H groups in total. The van der Waals surface area contributed by atoms with Crippen LogP contribution in [0.15, 0.2) is 36.4 Å². The molecule has 0 aromatic heterocycles. The molecule has 3 rings (SSSR count). The number of amides is 11. The van der Waals surface area contributed by atoms with Gasteiger partial charge in [-0.3, -0.25) is 57.7 Å². The quantitative estimate of drug-likeness (QED) is 0.0361. The first kappa shape index (κ1) is 78.6. The fraction of sp³-hybridized carbons (Fsp3) is 0.710. The van der Waals surface area contributed by atoms with Crippen LogP contribution in [0.1, 0.15) is 113 Å². The molecule has 91 heavy (non-hydrogen) atoms. The Morgan fingerprint density at radius 3 is 1.86 bits per heavy atom. The van der Waals surface area contributed by atoms with E-state index < -0.39 is 106 Å². The van der Waals surface area contributed by atoms with Gasteiger partial charge in [0.1, 0.15) is 18.1 Å². The molecule has 1 aromatic carbocycles. The summed E-state index contributed by atoms with van der Waals surface area (Å²) in [5, 5.41) is 13.6. The van der Waals surface area contributed by atoms with Gasteiger partial charge in [-0.1, -0.05) is 80.9 Å². The summed E-state index contributed by atoms with van der Waals surface area (Å²) < 4.78 is 57.6. The van der Waals surface area contributed by atoms with Gasteiger partial charge < -0.3 is 65.8 Å². The van der Waals surface area contributed by atoms with Gasteiger partial charge in [0, 0.05) is 58.6 Å². The summed E-state index contributed by atoms with van der Waals surface area (Å²) in [6, 6.07) is 0.280. The highest BCUT2D eigenvalue weighted by molar-refractivity contribution is 7.89. The van der Waals surface area contributed by atoms with Crippen molar-refractivity contribution in [3.05, 3.63) is 42.0 Å². The van der Waals surface area contributed by atoms with Crippen molar-refractivity contribution >= 4 is 74.9 Å². The Hall–Kier alpha value is -6.63. The van der Waals surface area contributed by atoms with Gasteiger partial charge in [0.05, 0.1) is 94.6 Å². The number of ether oxygens (including phenoxy) is 5. The number of urea groups is 1. The van der Waals surface area contributed by atoms with Crippen molar-refractivity contribution in [2.45, 2.75) is 161 Å². The number of hydrogen-bond acceptors (Lipinski definition) is 18. The minimum Gasteiger partial charge on any atom is -0.379 e. The number of likely N-dealkylation sites (N-methyl/N-ethyl adjacent to an activating group) is 2. The smallest absolute Gasteiger partial charge is 0.312 e. The molecule has 29 heteroatoms. The van der Waals surface area contributed by atoms with E-state index in [2.05, 4.69) is 31.3 Å². The van der Waals surface area contributed by atoms with E-state index in [-0.39, 0.29) is 137 Å². The van der Waals surface area contributed by atoms with Crippen LogP contribution in [0, 0.1) is 29.6 Å². The number of imide groups is 1. The molecule has 2 aliphatic heterocycles. The van der Waals surface area contributed by atoms with Crippen LogP contribution in [-0.2, 0) is 82.6 Å². The Balaban J connectivity index is 1.61. The largest absolute Gasteiger partial charge is 0.379 e. The molecule has 514 valence electrons. The minimum absolute atomic E-state index is 0.0188. The van der Waals surface area contributed by atoms with Crippen molar-refractivity contribution in [1.82, 2.24) is 45.6 Å². The number of carbonyl (C=O) groups excluding carboxylic acids is 10. The standard InChI is InChI=1S/C62H103N11O17S/c1-15-41(8)55(71(12)61(82)53(39(4)5)68-60(81)54(40(6)7)70(10)11)47(86-13)36-51(77)72-28-17-19-46(72)56(87-14)42(9)57(78)69-91(84,85)37-43-20-22-44(23-21-43)65-58(79)45(18-16-27-64-62(63)83)66-59(80)52(38(2)3)67-48(74)26-30-88-32-34-90-35-33-89-31-29-73-49(75)24-25-50(73)76/h20-25,38-42,45-47,52-56H,15-19,26-37H2,1-14H3,(H,65,79)(H,66,80)(H,67,74)(H,68,81)(H,69,78)(H3,63,64,83)/t41-,42+,45-,46?,47+,52-,53-,54-,55-,56+/m0/s1. The lowest BCUT2D eigenvalue weighted by Gasteiger charge is -2.41. The molecule has 10 atom stereocenters. The molecule has 11 amide bonds. The normalized spacial score (nSPS) is 17.3. The summed E-state index contributed by atoms with van der Waals surface area (Å²) in [4.78, 5) is 137. The predicted molar refractivity (Wildman–Crippen MR) is 339 cm³/mol. The molecular formula is C62H103N11O17S. The zero-order valence-corrected chi connectivity index (χ0v) is 56.5. The number of carbonyl (C=O) groups is 10. The first-order valence-corrected chi connectivity index (χ1v) is 33.0. The highest BCUT2D eigenvalue weighted by atomic mass is 32.2. The molecular weight excluding hydrogens is 1200 g/mol. The lowest BCUT2D eigenvalue weighted by Crippen LogP contribution is -2.59. The van der Waals surface area contributed by atoms with Gasteiger partial charge in [0.25, 0.3) is 11.8 Å². The molecule has 1 fully saturated rings. The molecule has 0 saturated carbocycles. The second-order valence-electron chi connectivity index (χ2n) is 24.4. The van der Waals surface area contributed by atoms with Crippen molar-refractivity contribution in [3.63, 3.8) is 0 Å². The van der Waals surface area contributed by atoms with E-state index in [1.165, 1.54) is 57.6 Å². The van der Waals surface area contributed by atoms with Gasteiger partial charge in [-0.05, 0) is 81.1 Å². The summed E-state index contributed by atoms with van der Waals surface area (Å²) in [6.07, 6.45) is 2.47. The zero-order chi connectivity index (χ0) is 68.3. The van der Waals surface area contributed by atoms with Crippen molar-refractivity contribution in [3.8, 4) is 0 Å². The minimum atomic E-state index is -4.33. The number of benzene rings is 1. The molecule has 2 heterocycles. The van der Waals surface area contributed by atoms with E-state index in [1.807, 2.05) is 60.5 Å². The fourth-order valence-corrected chi connectivity index (χ4v) is 12.4. The van der Waals surface area contributed by atoms with E-state index in [4.69, 9.17) is 29.4 Å². The zero-order valence-electron chi connectivity index (χ0n) is 55.7. The molecule has 0 aliphatic carbocycles. The Labute approximate surface area is 537 Å². The Kier molecular flexibility index (Phi) is 33.7. The van der Waals surface area contributed by atoms with Gasteiger partial charge in [-0.25, -0.2) is 13.2 Å². The molecule has 2 aliphatic rings. The first-order chi connectivity index (χ1) is 42.9. The third kappa shape index (κ3) is 25.4. The summed E-state index contributed by atoms with van der Waals surface area (Å²) in [6.45, 7) is 18.1. The van der Waals surface area contributed by atoms with Crippen LogP contribution in [0.5, 0.6) is 0 Å². The number of nitrogens with two attached hydrogens (primary N) is 1. The number of nitrogens with zero attached hydrogens (tertiary/aromatic N) is 4. The molecule has 0 bridgehead atoms. The highest BCUT2D eigenvalue weighted by Gasteiger charge is 2.44. The summed E-state index contributed by atoms with van der Waals surface area (Å²) >= 11 is 0. The monoisotopic (exact) mass is 1310 g/mol.